The van der Waals surface area contributed by atoms with Gasteiger partial charge in [-0.2, -0.15) is 0 Å². The Morgan fingerprint density at radius 2 is 1.81 bits per heavy atom. The van der Waals surface area contributed by atoms with Crippen LogP contribution in [0, 0.1) is 22.7 Å². The van der Waals surface area contributed by atoms with Crippen molar-refractivity contribution < 1.29 is 9.90 Å². The molecule has 2 heteroatoms. The fourth-order valence-electron chi connectivity index (χ4n) is 7.62. The molecular weight excluding hydrogens is 380 g/mol. The van der Waals surface area contributed by atoms with E-state index in [-0.39, 0.29) is 6.61 Å². The van der Waals surface area contributed by atoms with Crippen molar-refractivity contribution >= 4 is 5.78 Å². The van der Waals surface area contributed by atoms with Crippen LogP contribution in [-0.4, -0.2) is 17.5 Å². The molecule has 2 saturated carbocycles. The lowest BCUT2D eigenvalue weighted by Gasteiger charge is -2.55. The van der Waals surface area contributed by atoms with Gasteiger partial charge in [0.05, 0.1) is 0 Å². The van der Waals surface area contributed by atoms with Crippen molar-refractivity contribution in [2.24, 2.45) is 22.7 Å². The van der Waals surface area contributed by atoms with E-state index in [0.717, 1.165) is 31.6 Å². The number of allylic oxidation sites excluding steroid dienone is 4. The number of hydrogen-bond donors (Lipinski definition) is 1. The number of hydrogen-bond acceptors (Lipinski definition) is 2. The van der Waals surface area contributed by atoms with Crippen LogP contribution in [0.25, 0.3) is 0 Å². The monoisotopic (exact) mass is 418 g/mol. The van der Waals surface area contributed by atoms with E-state index in [4.69, 9.17) is 0 Å². The summed E-state index contributed by atoms with van der Waals surface area (Å²) < 4.78 is 0. The Balaban J connectivity index is 1.60. The number of carbonyl (C=O) groups is 1. The van der Waals surface area contributed by atoms with E-state index >= 15 is 0 Å². The third kappa shape index (κ3) is 3.37. The van der Waals surface area contributed by atoms with Crippen LogP contribution in [-0.2, 0) is 11.2 Å². The van der Waals surface area contributed by atoms with Gasteiger partial charge in [-0.3, -0.25) is 4.79 Å². The Hall–Kier alpha value is -1.67. The first-order valence-electron chi connectivity index (χ1n) is 12.5. The summed E-state index contributed by atoms with van der Waals surface area (Å²) in [5, 5.41) is 9.17. The van der Waals surface area contributed by atoms with Crippen LogP contribution in [0.2, 0.25) is 0 Å². The van der Waals surface area contributed by atoms with Gasteiger partial charge in [-0.1, -0.05) is 50.6 Å². The lowest BCUT2D eigenvalue weighted by atomic mass is 9.49. The van der Waals surface area contributed by atoms with Gasteiger partial charge in [-0.25, -0.2) is 0 Å². The summed E-state index contributed by atoms with van der Waals surface area (Å²) in [4.78, 5) is 12.2. The molecule has 0 radical (unpaired) electrons. The number of aryl methyl sites for hydroxylation is 1. The Morgan fingerprint density at radius 3 is 2.55 bits per heavy atom. The minimum Gasteiger partial charge on any atom is -0.396 e. The molecule has 1 N–H and O–H groups in total. The van der Waals surface area contributed by atoms with Crippen LogP contribution in [0.15, 0.2) is 47.1 Å². The zero-order valence-corrected chi connectivity index (χ0v) is 19.5. The lowest BCUT2D eigenvalue weighted by molar-refractivity contribution is -0.114. The average Bonchev–Trinajstić information content (AvgIpc) is 3.00. The minimum atomic E-state index is 0.255. The number of aliphatic hydroxyl groups is 1. The number of rotatable bonds is 4. The van der Waals surface area contributed by atoms with Crippen LogP contribution in [0.4, 0.5) is 0 Å². The van der Waals surface area contributed by atoms with E-state index < -0.39 is 0 Å². The molecule has 1 aromatic rings. The maximum atomic E-state index is 12.2. The van der Waals surface area contributed by atoms with Crippen LogP contribution in [0.1, 0.15) is 89.2 Å². The zero-order chi connectivity index (χ0) is 21.8. The molecule has 166 valence electrons. The lowest BCUT2D eigenvalue weighted by Crippen LogP contribution is -2.46. The highest BCUT2D eigenvalue weighted by Gasteiger charge is 2.59. The molecule has 2 fully saturated rings. The third-order valence-corrected chi connectivity index (χ3v) is 9.76. The summed E-state index contributed by atoms with van der Waals surface area (Å²) >= 11 is 0. The quantitative estimate of drug-likeness (QED) is 0.603. The fourth-order valence-corrected chi connectivity index (χ4v) is 7.62. The van der Waals surface area contributed by atoms with Crippen molar-refractivity contribution in [1.29, 1.82) is 0 Å². The van der Waals surface area contributed by atoms with E-state index in [1.807, 2.05) is 6.08 Å². The molecular formula is C29H38O2. The molecule has 0 aromatic heterocycles. The smallest absolute Gasteiger partial charge is 0.156 e. The molecule has 0 aliphatic heterocycles. The molecule has 4 aliphatic rings. The average molecular weight is 419 g/mol. The number of carbonyl (C=O) groups excluding carboxylic acids is 1. The van der Waals surface area contributed by atoms with Gasteiger partial charge in [0, 0.05) is 18.9 Å². The van der Waals surface area contributed by atoms with E-state index in [2.05, 4.69) is 45.0 Å². The van der Waals surface area contributed by atoms with Crippen molar-refractivity contribution in [3.05, 3.63) is 58.2 Å². The van der Waals surface area contributed by atoms with E-state index in [0.29, 0.717) is 34.9 Å². The maximum absolute atomic E-state index is 12.2. The van der Waals surface area contributed by atoms with Gasteiger partial charge in [0.25, 0.3) is 0 Å². The summed E-state index contributed by atoms with van der Waals surface area (Å²) in [6.07, 6.45) is 11.6. The van der Waals surface area contributed by atoms with Gasteiger partial charge < -0.3 is 5.11 Å². The second-order valence-electron chi connectivity index (χ2n) is 11.5. The van der Waals surface area contributed by atoms with Crippen molar-refractivity contribution in [3.63, 3.8) is 0 Å². The molecule has 31 heavy (non-hydrogen) atoms. The van der Waals surface area contributed by atoms with Gasteiger partial charge in [-0.05, 0) is 102 Å². The number of fused-ring (bicyclic) bond motifs is 4. The number of aliphatic hydroxyl groups excluding tert-OH is 1. The molecule has 0 amide bonds. The highest BCUT2D eigenvalue weighted by molar-refractivity contribution is 5.93. The highest BCUT2D eigenvalue weighted by atomic mass is 16.2. The molecule has 1 aromatic carbocycles. The Kier molecular flexibility index (Phi) is 5.28. The normalized spacial score (nSPS) is 34.1. The molecule has 0 bridgehead atoms. The van der Waals surface area contributed by atoms with Crippen molar-refractivity contribution in [2.75, 3.05) is 6.61 Å². The van der Waals surface area contributed by atoms with Gasteiger partial charge >= 0.3 is 0 Å². The molecule has 5 rings (SSSR count). The summed E-state index contributed by atoms with van der Waals surface area (Å²) in [7, 11) is 0. The second kappa shape index (κ2) is 7.73. The first-order valence-corrected chi connectivity index (χ1v) is 12.5. The molecule has 2 nitrogen and oxygen atoms in total. The maximum Gasteiger partial charge on any atom is 0.156 e. The number of ketones is 1. The summed E-state index contributed by atoms with van der Waals surface area (Å²) in [6, 6.07) is 9.28. The predicted octanol–water partition coefficient (Wildman–Crippen LogP) is 6.54. The Bertz CT molecular complexity index is 932. The first-order chi connectivity index (χ1) is 14.8. The van der Waals surface area contributed by atoms with Gasteiger partial charge in [0.15, 0.2) is 5.78 Å². The molecule has 0 spiro atoms. The van der Waals surface area contributed by atoms with Crippen molar-refractivity contribution in [1.82, 2.24) is 0 Å². The van der Waals surface area contributed by atoms with Crippen molar-refractivity contribution in [3.8, 4) is 0 Å². The molecule has 4 aliphatic carbocycles. The summed E-state index contributed by atoms with van der Waals surface area (Å²) in [5.74, 6) is 2.26. The van der Waals surface area contributed by atoms with Gasteiger partial charge in [0.2, 0.25) is 0 Å². The third-order valence-electron chi connectivity index (χ3n) is 9.76. The molecule has 0 heterocycles. The predicted molar refractivity (Wildman–Crippen MR) is 126 cm³/mol. The molecule has 4 atom stereocenters. The number of benzene rings is 1. The minimum absolute atomic E-state index is 0.255. The van der Waals surface area contributed by atoms with Gasteiger partial charge in [-0.15, -0.1) is 0 Å². The molecule has 0 saturated heterocycles. The van der Waals surface area contributed by atoms with Gasteiger partial charge in [0.1, 0.15) is 0 Å². The van der Waals surface area contributed by atoms with E-state index in [1.54, 1.807) is 11.1 Å². The second-order valence-corrected chi connectivity index (χ2v) is 11.5. The van der Waals surface area contributed by atoms with Crippen LogP contribution in [0.3, 0.4) is 0 Å². The van der Waals surface area contributed by atoms with E-state index in [9.17, 15) is 9.90 Å². The first kappa shape index (κ1) is 21.2. The van der Waals surface area contributed by atoms with Crippen LogP contribution in [0.5, 0.6) is 0 Å². The highest BCUT2D eigenvalue weighted by Crippen LogP contribution is 2.69. The van der Waals surface area contributed by atoms with Crippen LogP contribution < -0.4 is 0 Å². The molecule has 2 unspecified atom stereocenters. The summed E-state index contributed by atoms with van der Waals surface area (Å²) in [6.45, 7) is 7.86. The Labute approximate surface area is 187 Å². The largest absolute Gasteiger partial charge is 0.396 e. The topological polar surface area (TPSA) is 37.3 Å². The van der Waals surface area contributed by atoms with Crippen molar-refractivity contribution in [2.45, 2.75) is 84.5 Å². The van der Waals surface area contributed by atoms with Crippen LogP contribution >= 0.6 is 0 Å². The fraction of sp³-hybridized carbons (Fsp3) is 0.621. The van der Waals surface area contributed by atoms with E-state index in [1.165, 1.54) is 42.4 Å². The summed E-state index contributed by atoms with van der Waals surface area (Å²) in [5.41, 5.74) is 8.14. The SMILES string of the molecule is CC1(C)CCC2C3CCC4=CC(=O)CCC4=C3[C@@H](c3ccc(CCCO)cc3)C[C@@]21C. The zero-order valence-electron chi connectivity index (χ0n) is 19.5. The standard InChI is InChI=1S/C29H38O2/c1-28(2)15-14-26-24-12-10-21-17-22(31)11-13-23(21)27(24)25(18-29(26,28)3)20-8-6-19(7-9-20)5-4-16-30/h6-9,17,24-26,30H,4-5,10-16,18H2,1-3H3/t24?,25-,26?,29+/m1/s1. The Morgan fingerprint density at radius 1 is 1.03 bits per heavy atom.